The molecule has 0 unspecified atom stereocenters. The fourth-order valence-electron chi connectivity index (χ4n) is 3.04. The summed E-state index contributed by atoms with van der Waals surface area (Å²) in [5.74, 6) is -1.24. The van der Waals surface area contributed by atoms with Gasteiger partial charge in [-0.1, -0.05) is 25.1 Å². The van der Waals surface area contributed by atoms with Crippen molar-refractivity contribution in [3.05, 3.63) is 51.4 Å². The summed E-state index contributed by atoms with van der Waals surface area (Å²) in [6, 6.07) is 7.29. The number of nitrogens with zero attached hydrogens (tertiary/aromatic N) is 1. The van der Waals surface area contributed by atoms with Crippen molar-refractivity contribution in [1.29, 1.82) is 0 Å². The summed E-state index contributed by atoms with van der Waals surface area (Å²) in [5, 5.41) is 12.9. The molecular weight excluding hydrogens is 324 g/mol. The molecule has 1 aromatic carbocycles. The SMILES string of the molecule is CCN1CCc2c(sc(NC(=O)c3ccccc3C)c2C(=O)O)C1. The number of carbonyl (C=O) groups excluding carboxylic acids is 1. The smallest absolute Gasteiger partial charge is 0.339 e. The second kappa shape index (κ2) is 6.75. The zero-order valence-electron chi connectivity index (χ0n) is 13.8. The third-order valence-electron chi connectivity index (χ3n) is 4.41. The van der Waals surface area contributed by atoms with Crippen LogP contribution in [0.15, 0.2) is 24.3 Å². The van der Waals surface area contributed by atoms with E-state index in [1.54, 1.807) is 12.1 Å². The van der Waals surface area contributed by atoms with Gasteiger partial charge in [0.1, 0.15) is 5.00 Å². The molecule has 1 aliphatic heterocycles. The summed E-state index contributed by atoms with van der Waals surface area (Å²) in [6.07, 6.45) is 0.710. The minimum absolute atomic E-state index is 0.257. The third kappa shape index (κ3) is 3.07. The van der Waals surface area contributed by atoms with E-state index in [1.165, 1.54) is 11.3 Å². The summed E-state index contributed by atoms with van der Waals surface area (Å²) in [7, 11) is 0. The van der Waals surface area contributed by atoms with Crippen molar-refractivity contribution in [3.63, 3.8) is 0 Å². The summed E-state index contributed by atoms with van der Waals surface area (Å²) in [6.45, 7) is 6.50. The highest BCUT2D eigenvalue weighted by molar-refractivity contribution is 7.17. The minimum Gasteiger partial charge on any atom is -0.478 e. The normalized spacial score (nSPS) is 14.2. The number of hydrogen-bond acceptors (Lipinski definition) is 4. The molecule has 24 heavy (non-hydrogen) atoms. The van der Waals surface area contributed by atoms with Gasteiger partial charge in [-0.05, 0) is 37.1 Å². The average molecular weight is 344 g/mol. The van der Waals surface area contributed by atoms with Gasteiger partial charge in [-0.15, -0.1) is 11.3 Å². The highest BCUT2D eigenvalue weighted by atomic mass is 32.1. The Morgan fingerprint density at radius 3 is 2.75 bits per heavy atom. The van der Waals surface area contributed by atoms with Crippen LogP contribution in [0.25, 0.3) is 0 Å². The first-order valence-corrected chi connectivity index (χ1v) is 8.80. The van der Waals surface area contributed by atoms with Crippen LogP contribution >= 0.6 is 11.3 Å². The minimum atomic E-state index is -0.975. The lowest BCUT2D eigenvalue weighted by molar-refractivity contribution is 0.0696. The van der Waals surface area contributed by atoms with Crippen LogP contribution in [-0.2, 0) is 13.0 Å². The number of aryl methyl sites for hydroxylation is 1. The predicted molar refractivity (Wildman–Crippen MR) is 95.1 cm³/mol. The summed E-state index contributed by atoms with van der Waals surface area (Å²) in [5.41, 5.74) is 2.56. The zero-order chi connectivity index (χ0) is 17.3. The highest BCUT2D eigenvalue weighted by Gasteiger charge is 2.28. The molecule has 5 nitrogen and oxygen atoms in total. The largest absolute Gasteiger partial charge is 0.478 e. The molecule has 0 saturated heterocycles. The van der Waals surface area contributed by atoms with E-state index in [0.717, 1.165) is 35.6 Å². The van der Waals surface area contributed by atoms with Crippen LogP contribution in [0.5, 0.6) is 0 Å². The van der Waals surface area contributed by atoms with Crippen LogP contribution in [-0.4, -0.2) is 35.0 Å². The number of nitrogens with one attached hydrogen (secondary N) is 1. The van der Waals surface area contributed by atoms with Crippen molar-refractivity contribution in [2.24, 2.45) is 0 Å². The average Bonchev–Trinajstić information content (AvgIpc) is 2.91. The van der Waals surface area contributed by atoms with Crippen LogP contribution in [0, 0.1) is 6.92 Å². The molecular formula is C18H20N2O3S. The Labute approximate surface area is 144 Å². The molecule has 6 heteroatoms. The van der Waals surface area contributed by atoms with Gasteiger partial charge < -0.3 is 10.4 Å². The maximum atomic E-state index is 12.5. The van der Waals surface area contributed by atoms with Gasteiger partial charge in [-0.25, -0.2) is 4.79 Å². The van der Waals surface area contributed by atoms with Crippen molar-refractivity contribution in [3.8, 4) is 0 Å². The van der Waals surface area contributed by atoms with E-state index < -0.39 is 5.97 Å². The molecule has 0 spiro atoms. The number of fused-ring (bicyclic) bond motifs is 1. The molecule has 1 aliphatic rings. The Morgan fingerprint density at radius 1 is 1.33 bits per heavy atom. The molecule has 126 valence electrons. The van der Waals surface area contributed by atoms with E-state index in [4.69, 9.17) is 0 Å². The highest BCUT2D eigenvalue weighted by Crippen LogP contribution is 2.37. The summed E-state index contributed by atoms with van der Waals surface area (Å²) in [4.78, 5) is 27.6. The molecule has 1 amide bonds. The van der Waals surface area contributed by atoms with Crippen LogP contribution in [0.4, 0.5) is 5.00 Å². The molecule has 2 heterocycles. The topological polar surface area (TPSA) is 69.6 Å². The number of carbonyl (C=O) groups is 2. The Morgan fingerprint density at radius 2 is 2.08 bits per heavy atom. The molecule has 0 fully saturated rings. The number of likely N-dealkylation sites (N-methyl/N-ethyl adjacent to an activating group) is 1. The van der Waals surface area contributed by atoms with Crippen molar-refractivity contribution in [1.82, 2.24) is 4.90 Å². The fraction of sp³-hybridized carbons (Fsp3) is 0.333. The summed E-state index contributed by atoms with van der Waals surface area (Å²) >= 11 is 1.38. The number of carboxylic acid groups (broad SMARTS) is 1. The van der Waals surface area contributed by atoms with Crippen LogP contribution in [0.1, 0.15) is 43.6 Å². The number of thiophene rings is 1. The van der Waals surface area contributed by atoms with Crippen molar-refractivity contribution in [2.75, 3.05) is 18.4 Å². The number of hydrogen-bond donors (Lipinski definition) is 2. The van der Waals surface area contributed by atoms with E-state index >= 15 is 0 Å². The molecule has 3 rings (SSSR count). The van der Waals surface area contributed by atoms with E-state index in [9.17, 15) is 14.7 Å². The number of anilines is 1. The van der Waals surface area contributed by atoms with E-state index in [2.05, 4.69) is 17.1 Å². The molecule has 0 saturated carbocycles. The lowest BCUT2D eigenvalue weighted by atomic mass is 10.0. The van der Waals surface area contributed by atoms with Gasteiger partial charge in [-0.3, -0.25) is 9.69 Å². The van der Waals surface area contributed by atoms with Gasteiger partial charge in [0.15, 0.2) is 0 Å². The van der Waals surface area contributed by atoms with Gasteiger partial charge in [-0.2, -0.15) is 0 Å². The monoisotopic (exact) mass is 344 g/mol. The number of benzene rings is 1. The Hall–Kier alpha value is -2.18. The Balaban J connectivity index is 1.94. The van der Waals surface area contributed by atoms with Crippen LogP contribution in [0.3, 0.4) is 0 Å². The first kappa shape index (κ1) is 16.7. The second-order valence-electron chi connectivity index (χ2n) is 5.90. The molecule has 0 atom stereocenters. The number of carboxylic acids is 1. The number of rotatable bonds is 4. The fourth-order valence-corrected chi connectivity index (χ4v) is 4.32. The van der Waals surface area contributed by atoms with Gasteiger partial charge in [0, 0.05) is 23.5 Å². The quantitative estimate of drug-likeness (QED) is 0.892. The molecule has 0 radical (unpaired) electrons. The lowest BCUT2D eigenvalue weighted by Gasteiger charge is -2.25. The van der Waals surface area contributed by atoms with Gasteiger partial charge in [0.2, 0.25) is 0 Å². The third-order valence-corrected chi connectivity index (χ3v) is 5.55. The van der Waals surface area contributed by atoms with Gasteiger partial charge in [0.05, 0.1) is 5.56 Å². The van der Waals surface area contributed by atoms with E-state index in [1.807, 2.05) is 19.1 Å². The molecule has 2 aromatic rings. The summed E-state index contributed by atoms with van der Waals surface area (Å²) < 4.78 is 0. The molecule has 0 aliphatic carbocycles. The number of aromatic carboxylic acids is 1. The predicted octanol–water partition coefficient (Wildman–Crippen LogP) is 3.39. The van der Waals surface area contributed by atoms with E-state index in [0.29, 0.717) is 17.0 Å². The molecule has 2 N–H and O–H groups in total. The number of amides is 1. The van der Waals surface area contributed by atoms with E-state index in [-0.39, 0.29) is 11.5 Å². The zero-order valence-corrected chi connectivity index (χ0v) is 14.6. The lowest BCUT2D eigenvalue weighted by Crippen LogP contribution is -2.29. The second-order valence-corrected chi connectivity index (χ2v) is 7.01. The van der Waals surface area contributed by atoms with Gasteiger partial charge in [0.25, 0.3) is 5.91 Å². The standard InChI is InChI=1S/C18H20N2O3S/c1-3-20-9-8-13-14(10-20)24-17(15(13)18(22)23)19-16(21)12-7-5-4-6-11(12)2/h4-7H,3,8-10H2,1-2H3,(H,19,21)(H,22,23). The Bertz CT molecular complexity index is 798. The van der Waals surface area contributed by atoms with Crippen LogP contribution in [0.2, 0.25) is 0 Å². The van der Waals surface area contributed by atoms with Crippen LogP contribution < -0.4 is 5.32 Å². The first-order valence-electron chi connectivity index (χ1n) is 7.98. The van der Waals surface area contributed by atoms with Gasteiger partial charge >= 0.3 is 5.97 Å². The maximum absolute atomic E-state index is 12.5. The van der Waals surface area contributed by atoms with Crippen molar-refractivity contribution >= 4 is 28.2 Å². The first-order chi connectivity index (χ1) is 11.5. The molecule has 1 aromatic heterocycles. The van der Waals surface area contributed by atoms with Crippen molar-refractivity contribution in [2.45, 2.75) is 26.8 Å². The molecule has 0 bridgehead atoms. The van der Waals surface area contributed by atoms with Crippen molar-refractivity contribution < 1.29 is 14.7 Å². The Kier molecular flexibility index (Phi) is 4.69. The maximum Gasteiger partial charge on any atom is 0.339 e.